The molecule has 0 spiro atoms. The second-order valence-electron chi connectivity index (χ2n) is 5.66. The average Bonchev–Trinajstić information content (AvgIpc) is 3.10. The van der Waals surface area contributed by atoms with E-state index in [0.717, 1.165) is 11.9 Å². The highest BCUT2D eigenvalue weighted by Gasteiger charge is 2.13. The first-order valence-corrected chi connectivity index (χ1v) is 10.2. The Hall–Kier alpha value is -2.55. The Morgan fingerprint density at radius 1 is 1.11 bits per heavy atom. The first-order valence-electron chi connectivity index (χ1n) is 7.59. The molecule has 0 radical (unpaired) electrons. The molecule has 3 aromatic rings. The van der Waals surface area contributed by atoms with E-state index < -0.39 is 15.9 Å². The number of anilines is 2. The van der Waals surface area contributed by atoms with E-state index in [-0.39, 0.29) is 16.3 Å². The number of benzene rings is 2. The van der Waals surface area contributed by atoms with Gasteiger partial charge in [-0.2, -0.15) is 0 Å². The molecule has 7 nitrogen and oxygen atoms in total. The molecule has 0 saturated heterocycles. The Kier molecular flexibility index (Phi) is 5.41. The minimum atomic E-state index is -3.52. The maximum absolute atomic E-state index is 12.5. The smallest absolute Gasteiger partial charge is 0.255 e. The van der Waals surface area contributed by atoms with Gasteiger partial charge in [0.25, 0.3) is 5.91 Å². The quantitative estimate of drug-likeness (QED) is 0.650. The van der Waals surface area contributed by atoms with Gasteiger partial charge in [-0.05, 0) is 36.4 Å². The van der Waals surface area contributed by atoms with E-state index in [0.29, 0.717) is 10.7 Å². The molecule has 140 valence electrons. The van der Waals surface area contributed by atoms with Crippen molar-refractivity contribution in [1.82, 2.24) is 9.55 Å². The van der Waals surface area contributed by atoms with Gasteiger partial charge in [-0.3, -0.25) is 9.52 Å². The van der Waals surface area contributed by atoms with E-state index in [4.69, 9.17) is 23.2 Å². The molecule has 0 atom stereocenters. The zero-order valence-electron chi connectivity index (χ0n) is 14.0. The predicted molar refractivity (Wildman–Crippen MR) is 106 cm³/mol. The monoisotopic (exact) mass is 424 g/mol. The topological polar surface area (TPSA) is 93.1 Å². The van der Waals surface area contributed by atoms with Crippen LogP contribution in [0.5, 0.6) is 0 Å². The van der Waals surface area contributed by atoms with Gasteiger partial charge in [-0.25, -0.2) is 13.4 Å². The molecular formula is C17H14Cl2N4O3S. The van der Waals surface area contributed by atoms with Crippen LogP contribution in [-0.4, -0.2) is 30.1 Å². The maximum atomic E-state index is 12.5. The first kappa shape index (κ1) is 19.2. The van der Waals surface area contributed by atoms with E-state index in [1.807, 2.05) is 0 Å². The van der Waals surface area contributed by atoms with Crippen molar-refractivity contribution in [3.05, 3.63) is 70.7 Å². The van der Waals surface area contributed by atoms with Crippen molar-refractivity contribution in [3.8, 4) is 5.69 Å². The average molecular weight is 425 g/mol. The molecule has 0 bridgehead atoms. The summed E-state index contributed by atoms with van der Waals surface area (Å²) in [6.07, 6.45) is 6.00. The number of rotatable bonds is 5. The molecule has 1 amide bonds. The number of sulfonamides is 1. The first-order chi connectivity index (χ1) is 12.7. The number of hydrogen-bond donors (Lipinski definition) is 2. The van der Waals surface area contributed by atoms with Crippen LogP contribution in [0.1, 0.15) is 10.4 Å². The molecule has 0 saturated carbocycles. The molecule has 3 rings (SSSR count). The van der Waals surface area contributed by atoms with Crippen molar-refractivity contribution < 1.29 is 13.2 Å². The summed E-state index contributed by atoms with van der Waals surface area (Å²) in [5.74, 6) is -0.435. The van der Waals surface area contributed by atoms with Gasteiger partial charge < -0.3 is 9.88 Å². The molecule has 2 N–H and O–H groups in total. The normalized spacial score (nSPS) is 11.2. The molecule has 1 aromatic heterocycles. The van der Waals surface area contributed by atoms with Crippen molar-refractivity contribution >= 4 is 50.5 Å². The SMILES string of the molecule is CS(=O)(=O)Nc1cc(C(=O)Nc2ccc(-n3ccnc3)c(Cl)c2)ccc1Cl. The highest BCUT2D eigenvalue weighted by molar-refractivity contribution is 7.92. The predicted octanol–water partition coefficient (Wildman–Crippen LogP) is 3.80. The van der Waals surface area contributed by atoms with Crippen LogP contribution in [0, 0.1) is 0 Å². The van der Waals surface area contributed by atoms with Crippen molar-refractivity contribution in [3.63, 3.8) is 0 Å². The van der Waals surface area contributed by atoms with E-state index >= 15 is 0 Å². The molecule has 1 heterocycles. The standard InChI is InChI=1S/C17H14Cl2N4O3S/c1-27(25,26)22-15-8-11(2-4-13(15)18)17(24)21-12-3-5-16(14(19)9-12)23-7-6-20-10-23/h2-10,22H,1H3,(H,21,24). The highest BCUT2D eigenvalue weighted by Crippen LogP contribution is 2.26. The Balaban J connectivity index is 1.81. The third kappa shape index (κ3) is 4.79. The van der Waals surface area contributed by atoms with E-state index in [2.05, 4.69) is 15.0 Å². The van der Waals surface area contributed by atoms with Gasteiger partial charge in [0.1, 0.15) is 0 Å². The number of carbonyl (C=O) groups excluding carboxylic acids is 1. The molecule has 0 aliphatic carbocycles. The van der Waals surface area contributed by atoms with Crippen LogP contribution in [0.25, 0.3) is 5.69 Å². The second kappa shape index (κ2) is 7.59. The van der Waals surface area contributed by atoms with Crippen LogP contribution in [0.15, 0.2) is 55.1 Å². The van der Waals surface area contributed by atoms with Crippen molar-refractivity contribution in [2.45, 2.75) is 0 Å². The van der Waals surface area contributed by atoms with E-state index in [1.165, 1.54) is 18.2 Å². The minimum absolute atomic E-state index is 0.125. The highest BCUT2D eigenvalue weighted by atomic mass is 35.5. The number of aromatic nitrogens is 2. The number of imidazole rings is 1. The van der Waals surface area contributed by atoms with Crippen LogP contribution >= 0.6 is 23.2 Å². The third-order valence-electron chi connectivity index (χ3n) is 3.51. The number of carbonyl (C=O) groups is 1. The van der Waals surface area contributed by atoms with Crippen LogP contribution in [-0.2, 0) is 10.0 Å². The minimum Gasteiger partial charge on any atom is -0.322 e. The van der Waals surface area contributed by atoms with E-state index in [9.17, 15) is 13.2 Å². The van der Waals surface area contributed by atoms with Gasteiger partial charge in [0.15, 0.2) is 0 Å². The molecular weight excluding hydrogens is 411 g/mol. The Labute approximate surface area is 166 Å². The lowest BCUT2D eigenvalue weighted by Gasteiger charge is -2.11. The fourth-order valence-electron chi connectivity index (χ4n) is 2.34. The summed E-state index contributed by atoms with van der Waals surface area (Å²) < 4.78 is 26.8. The summed E-state index contributed by atoms with van der Waals surface area (Å²) in [7, 11) is -3.52. The molecule has 0 unspecified atom stereocenters. The molecule has 10 heteroatoms. The number of amides is 1. The molecule has 27 heavy (non-hydrogen) atoms. The maximum Gasteiger partial charge on any atom is 0.255 e. The Morgan fingerprint density at radius 2 is 1.89 bits per heavy atom. The largest absolute Gasteiger partial charge is 0.322 e. The number of halogens is 2. The molecule has 0 fully saturated rings. The molecule has 0 aliphatic rings. The number of nitrogens with one attached hydrogen (secondary N) is 2. The van der Waals surface area contributed by atoms with Crippen LogP contribution in [0.3, 0.4) is 0 Å². The van der Waals surface area contributed by atoms with Gasteiger partial charge in [0, 0.05) is 23.6 Å². The zero-order valence-corrected chi connectivity index (χ0v) is 16.3. The lowest BCUT2D eigenvalue weighted by atomic mass is 10.2. The fraction of sp³-hybridized carbons (Fsp3) is 0.0588. The molecule has 2 aromatic carbocycles. The lowest BCUT2D eigenvalue weighted by molar-refractivity contribution is 0.102. The van der Waals surface area contributed by atoms with Crippen LogP contribution in [0.2, 0.25) is 10.0 Å². The molecule has 0 aliphatic heterocycles. The van der Waals surface area contributed by atoms with Crippen molar-refractivity contribution in [2.24, 2.45) is 0 Å². The van der Waals surface area contributed by atoms with Crippen LogP contribution < -0.4 is 10.0 Å². The van der Waals surface area contributed by atoms with E-state index in [1.54, 1.807) is 41.5 Å². The van der Waals surface area contributed by atoms with Crippen molar-refractivity contribution in [2.75, 3.05) is 16.3 Å². The zero-order chi connectivity index (χ0) is 19.6. The van der Waals surface area contributed by atoms with Gasteiger partial charge >= 0.3 is 0 Å². The number of nitrogens with zero attached hydrogens (tertiary/aromatic N) is 2. The Morgan fingerprint density at radius 3 is 2.52 bits per heavy atom. The Bertz CT molecular complexity index is 1100. The summed E-state index contributed by atoms with van der Waals surface area (Å²) in [5, 5.41) is 3.33. The van der Waals surface area contributed by atoms with Crippen LogP contribution in [0.4, 0.5) is 11.4 Å². The van der Waals surface area contributed by atoms with Crippen molar-refractivity contribution in [1.29, 1.82) is 0 Å². The summed E-state index contributed by atoms with van der Waals surface area (Å²) in [6.45, 7) is 0. The fourth-order valence-corrected chi connectivity index (χ4v) is 3.41. The van der Waals surface area contributed by atoms with Gasteiger partial charge in [0.05, 0.1) is 34.0 Å². The third-order valence-corrected chi connectivity index (χ3v) is 4.74. The summed E-state index contributed by atoms with van der Waals surface area (Å²) in [6, 6.07) is 9.36. The van der Waals surface area contributed by atoms with Gasteiger partial charge in [-0.1, -0.05) is 23.2 Å². The lowest BCUT2D eigenvalue weighted by Crippen LogP contribution is -2.14. The summed E-state index contributed by atoms with van der Waals surface area (Å²) in [5.41, 5.74) is 1.57. The van der Waals surface area contributed by atoms with Gasteiger partial charge in [0.2, 0.25) is 10.0 Å². The number of hydrogen-bond acceptors (Lipinski definition) is 4. The summed E-state index contributed by atoms with van der Waals surface area (Å²) >= 11 is 12.2. The van der Waals surface area contributed by atoms with Gasteiger partial charge in [-0.15, -0.1) is 0 Å². The second-order valence-corrected chi connectivity index (χ2v) is 8.22. The summed E-state index contributed by atoms with van der Waals surface area (Å²) in [4.78, 5) is 16.4.